The number of hydrogen-bond acceptors (Lipinski definition) is 16. The minimum atomic E-state index is -1.08. The van der Waals surface area contributed by atoms with E-state index in [2.05, 4.69) is 17.6 Å². The van der Waals surface area contributed by atoms with Crippen LogP contribution in [-0.4, -0.2) is 172 Å². The zero-order chi connectivity index (χ0) is 48.7. The van der Waals surface area contributed by atoms with Crippen molar-refractivity contribution in [1.29, 1.82) is 0 Å². The Hall–Kier alpha value is -3.92. The molecule has 2 aliphatic rings. The molecular weight excluding hydrogens is 887 g/mol. The molecule has 1 unspecified atom stereocenters. The number of piperidine rings is 1. The SMILES string of the molecule is CCCCCCCCCCCC(=O)OCCOCCOCCOCCOCCOCCOCCOCCOCCOCCCCCC(=O)Nc1cccc2c1C(=O)N(C1CCC(=O)NC1=O)C2=O. The van der Waals surface area contributed by atoms with Crippen LogP contribution in [0.4, 0.5) is 5.69 Å². The molecule has 1 aromatic carbocycles. The van der Waals surface area contributed by atoms with Crippen molar-refractivity contribution >= 4 is 41.2 Å². The Morgan fingerprint density at radius 1 is 0.544 bits per heavy atom. The van der Waals surface area contributed by atoms with Gasteiger partial charge in [0.2, 0.25) is 17.7 Å². The van der Waals surface area contributed by atoms with E-state index in [1.165, 1.54) is 51.0 Å². The standard InChI is InChI=1S/C49H79N3O16/c1-2-3-4-5-6-7-8-9-12-18-45(55)68-39-38-67-37-36-66-35-34-65-33-32-64-31-30-63-29-28-62-27-26-61-25-24-60-23-22-59-21-13-10-11-17-43(53)50-41-16-14-15-40-46(41)49(58)52(48(40)57)42-19-20-44(54)51-47(42)56/h14-16,42H,2-13,17-39H2,1H3,(H,50,53)(H,51,54,56). The first kappa shape index (κ1) is 58.4. The molecule has 5 amide bonds. The van der Waals surface area contributed by atoms with E-state index in [-0.39, 0.29) is 54.6 Å². The van der Waals surface area contributed by atoms with Crippen LogP contribution in [0.2, 0.25) is 0 Å². The van der Waals surface area contributed by atoms with Crippen LogP contribution < -0.4 is 10.6 Å². The van der Waals surface area contributed by atoms with Gasteiger partial charge in [0.1, 0.15) is 12.6 Å². The summed E-state index contributed by atoms with van der Waals surface area (Å²) in [7, 11) is 0. The zero-order valence-corrected chi connectivity index (χ0v) is 40.5. The third kappa shape index (κ3) is 26.2. The third-order valence-electron chi connectivity index (χ3n) is 10.9. The van der Waals surface area contributed by atoms with Crippen molar-refractivity contribution in [2.45, 2.75) is 116 Å². The lowest BCUT2D eigenvalue weighted by atomic mass is 10.0. The second-order valence-corrected chi connectivity index (χ2v) is 16.3. The van der Waals surface area contributed by atoms with E-state index in [4.69, 9.17) is 47.4 Å². The lowest BCUT2D eigenvalue weighted by Crippen LogP contribution is -2.54. The van der Waals surface area contributed by atoms with Crippen LogP contribution in [0.5, 0.6) is 0 Å². The number of rotatable bonds is 45. The van der Waals surface area contributed by atoms with Gasteiger partial charge in [-0.3, -0.25) is 39.0 Å². The summed E-state index contributed by atoms with van der Waals surface area (Å²) in [6, 6.07) is 3.53. The average molecular weight is 966 g/mol. The van der Waals surface area contributed by atoms with Crippen molar-refractivity contribution < 1.29 is 76.1 Å². The minimum Gasteiger partial charge on any atom is -0.463 e. The van der Waals surface area contributed by atoms with Crippen molar-refractivity contribution in [2.75, 3.05) is 131 Å². The molecule has 1 aromatic rings. The van der Waals surface area contributed by atoms with Crippen LogP contribution in [0.15, 0.2) is 18.2 Å². The van der Waals surface area contributed by atoms with Gasteiger partial charge in [-0.2, -0.15) is 0 Å². The minimum absolute atomic E-state index is 0.0259. The molecule has 19 heteroatoms. The molecule has 2 heterocycles. The number of amides is 5. The number of carbonyl (C=O) groups is 6. The Labute approximate surface area is 402 Å². The number of nitrogens with zero attached hydrogens (tertiary/aromatic N) is 1. The molecule has 2 N–H and O–H groups in total. The first-order chi connectivity index (χ1) is 33.3. The number of anilines is 1. The Balaban J connectivity index is 0.967. The predicted molar refractivity (Wildman–Crippen MR) is 250 cm³/mol. The highest BCUT2D eigenvalue weighted by atomic mass is 16.6. The highest BCUT2D eigenvalue weighted by Gasteiger charge is 2.45. The van der Waals surface area contributed by atoms with E-state index in [1.807, 2.05) is 0 Å². The van der Waals surface area contributed by atoms with Crippen molar-refractivity contribution in [1.82, 2.24) is 10.2 Å². The summed E-state index contributed by atoms with van der Waals surface area (Å²) in [6.07, 6.45) is 13.9. The van der Waals surface area contributed by atoms with Gasteiger partial charge in [-0.1, -0.05) is 70.8 Å². The monoisotopic (exact) mass is 966 g/mol. The largest absolute Gasteiger partial charge is 0.463 e. The van der Waals surface area contributed by atoms with Crippen LogP contribution in [-0.2, 0) is 66.5 Å². The molecule has 3 rings (SSSR count). The number of unbranched alkanes of at least 4 members (excludes halogenated alkanes) is 10. The average Bonchev–Trinajstić information content (AvgIpc) is 3.58. The summed E-state index contributed by atoms with van der Waals surface area (Å²) in [6.45, 7) is 10.7. The van der Waals surface area contributed by atoms with Crippen LogP contribution >= 0.6 is 0 Å². The molecule has 386 valence electrons. The number of benzene rings is 1. The quantitative estimate of drug-likeness (QED) is 0.0487. The van der Waals surface area contributed by atoms with Gasteiger partial charge in [0.15, 0.2) is 0 Å². The van der Waals surface area contributed by atoms with Crippen molar-refractivity contribution in [3.63, 3.8) is 0 Å². The van der Waals surface area contributed by atoms with E-state index in [9.17, 15) is 28.8 Å². The maximum atomic E-state index is 13.2. The van der Waals surface area contributed by atoms with Crippen molar-refractivity contribution in [3.8, 4) is 0 Å². The molecule has 1 atom stereocenters. The predicted octanol–water partition coefficient (Wildman–Crippen LogP) is 5.20. The molecule has 19 nitrogen and oxygen atoms in total. The summed E-state index contributed by atoms with van der Waals surface area (Å²) >= 11 is 0. The first-order valence-electron chi connectivity index (χ1n) is 24.8. The Kier molecular flexibility index (Phi) is 33.4. The Morgan fingerprint density at radius 2 is 0.985 bits per heavy atom. The molecule has 1 saturated heterocycles. The molecule has 0 spiro atoms. The summed E-state index contributed by atoms with van der Waals surface area (Å²) in [5, 5.41) is 4.91. The highest BCUT2D eigenvalue weighted by molar-refractivity contribution is 6.26. The fourth-order valence-electron chi connectivity index (χ4n) is 7.23. The van der Waals surface area contributed by atoms with Crippen LogP contribution in [0, 0.1) is 0 Å². The van der Waals surface area contributed by atoms with Crippen LogP contribution in [0.3, 0.4) is 0 Å². The highest BCUT2D eigenvalue weighted by Crippen LogP contribution is 2.32. The Bertz CT molecular complexity index is 1580. The topological polar surface area (TPSA) is 222 Å². The fourth-order valence-corrected chi connectivity index (χ4v) is 7.23. The summed E-state index contributed by atoms with van der Waals surface area (Å²) in [4.78, 5) is 75.5. The van der Waals surface area contributed by atoms with Crippen LogP contribution in [0.1, 0.15) is 130 Å². The molecular formula is C49H79N3O16. The molecule has 0 radical (unpaired) electrons. The van der Waals surface area contributed by atoms with Gasteiger partial charge in [-0.05, 0) is 37.8 Å². The van der Waals surface area contributed by atoms with Gasteiger partial charge in [0, 0.05) is 25.9 Å². The number of carbonyl (C=O) groups excluding carboxylic acids is 6. The number of hydrogen-bond donors (Lipinski definition) is 2. The lowest BCUT2D eigenvalue weighted by molar-refractivity contribution is -0.145. The van der Waals surface area contributed by atoms with Gasteiger partial charge in [0.05, 0.1) is 129 Å². The molecule has 1 fully saturated rings. The zero-order valence-electron chi connectivity index (χ0n) is 40.5. The van der Waals surface area contributed by atoms with Gasteiger partial charge in [-0.25, -0.2) is 0 Å². The van der Waals surface area contributed by atoms with Crippen LogP contribution in [0.25, 0.3) is 0 Å². The van der Waals surface area contributed by atoms with Gasteiger partial charge in [0.25, 0.3) is 11.8 Å². The number of fused-ring (bicyclic) bond motifs is 1. The number of nitrogens with one attached hydrogen (secondary N) is 2. The number of ether oxygens (including phenoxy) is 10. The Morgan fingerprint density at radius 3 is 1.49 bits per heavy atom. The molecule has 0 aliphatic carbocycles. The van der Waals surface area contributed by atoms with Crippen molar-refractivity contribution in [2.24, 2.45) is 0 Å². The van der Waals surface area contributed by atoms with E-state index in [1.54, 1.807) is 12.1 Å². The van der Waals surface area contributed by atoms with Crippen molar-refractivity contribution in [3.05, 3.63) is 29.3 Å². The molecule has 68 heavy (non-hydrogen) atoms. The lowest BCUT2D eigenvalue weighted by Gasteiger charge is -2.27. The second kappa shape index (κ2) is 38.9. The van der Waals surface area contributed by atoms with E-state index >= 15 is 0 Å². The van der Waals surface area contributed by atoms with Gasteiger partial charge in [-0.15, -0.1) is 0 Å². The van der Waals surface area contributed by atoms with E-state index in [0.29, 0.717) is 132 Å². The molecule has 0 bridgehead atoms. The maximum absolute atomic E-state index is 13.2. The number of imide groups is 2. The third-order valence-corrected chi connectivity index (χ3v) is 10.9. The smallest absolute Gasteiger partial charge is 0.305 e. The second-order valence-electron chi connectivity index (χ2n) is 16.3. The molecule has 2 aliphatic heterocycles. The normalized spacial score (nSPS) is 14.7. The van der Waals surface area contributed by atoms with E-state index < -0.39 is 29.7 Å². The van der Waals surface area contributed by atoms with Gasteiger partial charge < -0.3 is 52.7 Å². The fraction of sp³-hybridized carbons (Fsp3) is 0.755. The molecule has 0 aromatic heterocycles. The summed E-state index contributed by atoms with van der Waals surface area (Å²) < 4.78 is 54.9. The van der Waals surface area contributed by atoms with Gasteiger partial charge >= 0.3 is 5.97 Å². The summed E-state index contributed by atoms with van der Waals surface area (Å²) in [5.74, 6) is -2.88. The molecule has 0 saturated carbocycles. The summed E-state index contributed by atoms with van der Waals surface area (Å²) in [5.41, 5.74) is 0.376. The first-order valence-corrected chi connectivity index (χ1v) is 24.8. The number of esters is 1. The van der Waals surface area contributed by atoms with E-state index in [0.717, 1.165) is 30.6 Å². The maximum Gasteiger partial charge on any atom is 0.305 e.